The highest BCUT2D eigenvalue weighted by molar-refractivity contribution is 7.71. The van der Waals surface area contributed by atoms with Crippen LogP contribution in [-0.2, 0) is 23.6 Å². The second-order valence-electron chi connectivity index (χ2n) is 5.12. The maximum absolute atomic E-state index is 13.3. The molecule has 1 aromatic carbocycles. The summed E-state index contributed by atoms with van der Waals surface area (Å²) in [6, 6.07) is 9.24. The highest BCUT2D eigenvalue weighted by atomic mass is 31.2. The quantitative estimate of drug-likeness (QED) is 0.266. The number of carbonyl (C=O) groups is 2. The van der Waals surface area contributed by atoms with Crippen molar-refractivity contribution in [3.63, 3.8) is 0 Å². The number of hydrogen-bond acceptors (Lipinski definition) is 5. The zero-order valence-electron chi connectivity index (χ0n) is 13.7. The third-order valence-electron chi connectivity index (χ3n) is 3.38. The highest BCUT2D eigenvalue weighted by Crippen LogP contribution is 2.45. The van der Waals surface area contributed by atoms with Crippen LogP contribution in [0.25, 0.3) is 0 Å². The monoisotopic (exact) mass is 350 g/mol. The third kappa shape index (κ3) is 6.97. The van der Waals surface area contributed by atoms with Crippen LogP contribution in [0.2, 0.25) is 0 Å². The van der Waals surface area contributed by atoms with Gasteiger partial charge in [0.15, 0.2) is 0 Å². The average molecular weight is 350 g/mol. The second-order valence-corrected chi connectivity index (χ2v) is 8.31. The van der Waals surface area contributed by atoms with E-state index in [1.165, 1.54) is 0 Å². The Labute approximate surface area is 142 Å². The number of rotatable bonds is 11. The third-order valence-corrected chi connectivity index (χ3v) is 6.69. The molecular weight excluding hydrogens is 327 g/mol. The summed E-state index contributed by atoms with van der Waals surface area (Å²) in [6.07, 6.45) is 4.06. The summed E-state index contributed by atoms with van der Waals surface area (Å²) in [5.41, 5.74) is 0. The Morgan fingerprint density at radius 1 is 0.917 bits per heavy atom. The zero-order chi connectivity index (χ0) is 17.8. The molecule has 0 aliphatic rings. The van der Waals surface area contributed by atoms with Gasteiger partial charge in [-0.05, 0) is 12.8 Å². The van der Waals surface area contributed by atoms with Crippen LogP contribution >= 0.6 is 7.14 Å². The fourth-order valence-corrected chi connectivity index (χ4v) is 4.91. The highest BCUT2D eigenvalue weighted by Gasteiger charge is 2.24. The first-order chi connectivity index (χ1) is 11.5. The summed E-state index contributed by atoms with van der Waals surface area (Å²) in [7, 11) is -2.64. The lowest BCUT2D eigenvalue weighted by Gasteiger charge is -2.18. The maximum Gasteiger partial charge on any atom is 0.330 e. The second kappa shape index (κ2) is 10.6. The Morgan fingerprint density at radius 3 is 1.79 bits per heavy atom. The summed E-state index contributed by atoms with van der Waals surface area (Å²) >= 11 is 0. The summed E-state index contributed by atoms with van der Waals surface area (Å²) in [5.74, 6) is -0.971. The molecule has 5 nitrogen and oxygen atoms in total. The number of carbonyl (C=O) groups excluding carboxylic acids is 2. The molecule has 6 heteroatoms. The Bertz CT molecular complexity index is 577. The fourth-order valence-electron chi connectivity index (χ4n) is 2.17. The Hall–Kier alpha value is -2.13. The molecule has 0 spiro atoms. The van der Waals surface area contributed by atoms with Gasteiger partial charge in [-0.25, -0.2) is 9.59 Å². The van der Waals surface area contributed by atoms with E-state index in [0.29, 0.717) is 25.2 Å². The van der Waals surface area contributed by atoms with Crippen LogP contribution in [0.15, 0.2) is 55.6 Å². The molecule has 1 rings (SSSR count). The minimum atomic E-state index is -2.64. The van der Waals surface area contributed by atoms with Gasteiger partial charge in [0.25, 0.3) is 0 Å². The maximum atomic E-state index is 13.3. The van der Waals surface area contributed by atoms with Gasteiger partial charge in [0.2, 0.25) is 0 Å². The summed E-state index contributed by atoms with van der Waals surface area (Å²) < 4.78 is 23.2. The van der Waals surface area contributed by atoms with Crippen molar-refractivity contribution in [3.05, 3.63) is 55.6 Å². The molecule has 0 aliphatic heterocycles. The first-order valence-electron chi connectivity index (χ1n) is 7.74. The van der Waals surface area contributed by atoms with E-state index in [1.807, 2.05) is 30.3 Å². The topological polar surface area (TPSA) is 69.7 Å². The smallest absolute Gasteiger partial charge is 0.330 e. The molecule has 0 atom stereocenters. The van der Waals surface area contributed by atoms with E-state index in [0.717, 1.165) is 17.5 Å². The van der Waals surface area contributed by atoms with E-state index in [2.05, 4.69) is 13.2 Å². The fraction of sp³-hybridized carbons (Fsp3) is 0.333. The van der Waals surface area contributed by atoms with Gasteiger partial charge < -0.3 is 14.0 Å². The van der Waals surface area contributed by atoms with Gasteiger partial charge in [0.1, 0.15) is 7.14 Å². The zero-order valence-corrected chi connectivity index (χ0v) is 14.6. The number of hydrogen-bond donors (Lipinski definition) is 0. The van der Waals surface area contributed by atoms with Crippen molar-refractivity contribution in [2.24, 2.45) is 0 Å². The molecule has 0 saturated heterocycles. The van der Waals surface area contributed by atoms with Gasteiger partial charge in [0.05, 0.1) is 13.2 Å². The van der Waals surface area contributed by atoms with Crippen LogP contribution in [0.1, 0.15) is 12.8 Å². The predicted octanol–water partition coefficient (Wildman–Crippen LogP) is 2.91. The van der Waals surface area contributed by atoms with Crippen LogP contribution in [-0.4, -0.2) is 37.5 Å². The first-order valence-corrected chi connectivity index (χ1v) is 9.81. The van der Waals surface area contributed by atoms with Crippen LogP contribution < -0.4 is 5.30 Å². The van der Waals surface area contributed by atoms with Crippen molar-refractivity contribution < 1.29 is 23.6 Å². The lowest BCUT2D eigenvalue weighted by molar-refractivity contribution is -0.138. The number of benzene rings is 1. The molecule has 0 radical (unpaired) electrons. The van der Waals surface area contributed by atoms with Crippen molar-refractivity contribution in [1.82, 2.24) is 0 Å². The van der Waals surface area contributed by atoms with Crippen LogP contribution in [0.4, 0.5) is 0 Å². The molecule has 0 N–H and O–H groups in total. The molecule has 0 aliphatic carbocycles. The molecule has 0 amide bonds. The summed E-state index contributed by atoms with van der Waals surface area (Å²) in [6.45, 7) is 7.06. The molecule has 24 heavy (non-hydrogen) atoms. The van der Waals surface area contributed by atoms with Crippen molar-refractivity contribution in [2.45, 2.75) is 12.8 Å². The van der Waals surface area contributed by atoms with Crippen LogP contribution in [0, 0.1) is 0 Å². The normalized spacial score (nSPS) is 10.7. The minimum absolute atomic E-state index is 0.202. The van der Waals surface area contributed by atoms with Crippen LogP contribution in [0.3, 0.4) is 0 Å². The average Bonchev–Trinajstić information content (AvgIpc) is 2.62. The molecule has 0 saturated carbocycles. The summed E-state index contributed by atoms with van der Waals surface area (Å²) in [5, 5.41) is 0.787. The van der Waals surface area contributed by atoms with E-state index in [4.69, 9.17) is 9.47 Å². The van der Waals surface area contributed by atoms with Gasteiger partial charge in [-0.1, -0.05) is 43.5 Å². The number of esters is 2. The standard InChI is InChI=1S/C18H23O5P/c1-3-17(19)22-12-8-14-24(21,16-10-6-5-7-11-16)15-9-13-23-18(20)4-2/h3-7,10-11H,1-2,8-9,12-15H2. The largest absolute Gasteiger partial charge is 0.463 e. The first kappa shape index (κ1) is 19.9. The SMILES string of the molecule is C=CC(=O)OCCCP(=O)(CCCOC(=O)C=C)c1ccccc1. The molecule has 130 valence electrons. The van der Waals surface area contributed by atoms with Crippen molar-refractivity contribution in [1.29, 1.82) is 0 Å². The molecule has 1 aromatic rings. The molecule has 0 heterocycles. The predicted molar refractivity (Wildman–Crippen MR) is 95.0 cm³/mol. The Morgan fingerprint density at radius 2 is 1.38 bits per heavy atom. The van der Waals surface area contributed by atoms with Gasteiger partial charge >= 0.3 is 11.9 Å². The molecule has 0 aromatic heterocycles. The van der Waals surface area contributed by atoms with Crippen molar-refractivity contribution in [3.8, 4) is 0 Å². The van der Waals surface area contributed by atoms with Crippen molar-refractivity contribution >= 4 is 24.4 Å². The van der Waals surface area contributed by atoms with E-state index in [9.17, 15) is 14.2 Å². The Kier molecular flexibility index (Phi) is 8.80. The van der Waals surface area contributed by atoms with Gasteiger partial charge in [-0.2, -0.15) is 0 Å². The molecule has 0 unspecified atom stereocenters. The van der Waals surface area contributed by atoms with E-state index in [1.54, 1.807) is 0 Å². The molecule has 0 bridgehead atoms. The van der Waals surface area contributed by atoms with E-state index >= 15 is 0 Å². The minimum Gasteiger partial charge on any atom is -0.463 e. The van der Waals surface area contributed by atoms with Crippen molar-refractivity contribution in [2.75, 3.05) is 25.5 Å². The van der Waals surface area contributed by atoms with Gasteiger partial charge in [0, 0.05) is 29.8 Å². The van der Waals surface area contributed by atoms with Crippen LogP contribution in [0.5, 0.6) is 0 Å². The molecular formula is C18H23O5P. The Balaban J connectivity index is 2.61. The van der Waals surface area contributed by atoms with E-state index in [-0.39, 0.29) is 13.2 Å². The lowest BCUT2D eigenvalue weighted by Crippen LogP contribution is -2.14. The van der Waals surface area contributed by atoms with Gasteiger partial charge in [-0.3, -0.25) is 0 Å². The number of ether oxygens (including phenoxy) is 2. The lowest BCUT2D eigenvalue weighted by atomic mass is 10.4. The summed E-state index contributed by atoms with van der Waals surface area (Å²) in [4.78, 5) is 22.1. The molecule has 0 fully saturated rings. The van der Waals surface area contributed by atoms with Gasteiger partial charge in [-0.15, -0.1) is 0 Å². The van der Waals surface area contributed by atoms with E-state index < -0.39 is 19.1 Å².